The standard InChI is InChI=1S/C15H24N4/c1-16-13-10-19(11-13)14-6-7-17-15(8-14)18-9-12-4-2-3-5-12/h6-8,12-13,16H,2-5,9-11H2,1H3,(H,17,18). The fraction of sp³-hybridized carbons (Fsp3) is 0.667. The van der Waals surface area contributed by atoms with Gasteiger partial charge in [-0.25, -0.2) is 4.98 Å². The Bertz CT molecular complexity index is 408. The maximum atomic E-state index is 4.43. The van der Waals surface area contributed by atoms with Crippen LogP contribution in [0.4, 0.5) is 11.5 Å². The van der Waals surface area contributed by atoms with Gasteiger partial charge in [-0.05, 0) is 31.9 Å². The summed E-state index contributed by atoms with van der Waals surface area (Å²) in [6.07, 6.45) is 7.47. The smallest absolute Gasteiger partial charge is 0.127 e. The van der Waals surface area contributed by atoms with Crippen LogP contribution >= 0.6 is 0 Å². The number of pyridine rings is 1. The second kappa shape index (κ2) is 5.78. The van der Waals surface area contributed by atoms with E-state index < -0.39 is 0 Å². The third-order valence-electron chi connectivity index (χ3n) is 4.45. The van der Waals surface area contributed by atoms with Crippen molar-refractivity contribution in [3.63, 3.8) is 0 Å². The summed E-state index contributed by atoms with van der Waals surface area (Å²) in [6, 6.07) is 4.93. The summed E-state index contributed by atoms with van der Waals surface area (Å²) < 4.78 is 0. The van der Waals surface area contributed by atoms with E-state index in [1.807, 2.05) is 13.2 Å². The van der Waals surface area contributed by atoms with Crippen molar-refractivity contribution >= 4 is 11.5 Å². The topological polar surface area (TPSA) is 40.2 Å². The molecule has 0 atom stereocenters. The van der Waals surface area contributed by atoms with Gasteiger partial charge in [0.2, 0.25) is 0 Å². The van der Waals surface area contributed by atoms with Crippen molar-refractivity contribution in [2.45, 2.75) is 31.7 Å². The molecule has 1 saturated heterocycles. The van der Waals surface area contributed by atoms with Crippen LogP contribution in [0.15, 0.2) is 18.3 Å². The Balaban J connectivity index is 1.54. The molecule has 2 fully saturated rings. The molecule has 3 rings (SSSR count). The van der Waals surface area contributed by atoms with Crippen molar-refractivity contribution in [3.8, 4) is 0 Å². The Morgan fingerprint density at radius 2 is 2.11 bits per heavy atom. The minimum absolute atomic E-state index is 0.642. The van der Waals surface area contributed by atoms with Gasteiger partial charge >= 0.3 is 0 Å². The lowest BCUT2D eigenvalue weighted by atomic mass is 10.1. The highest BCUT2D eigenvalue weighted by Crippen LogP contribution is 2.26. The van der Waals surface area contributed by atoms with E-state index in [1.54, 1.807) is 0 Å². The van der Waals surface area contributed by atoms with Crippen molar-refractivity contribution in [2.75, 3.05) is 36.9 Å². The molecule has 4 heteroatoms. The highest BCUT2D eigenvalue weighted by molar-refractivity contribution is 5.55. The molecular formula is C15H24N4. The lowest BCUT2D eigenvalue weighted by Gasteiger charge is -2.40. The van der Waals surface area contributed by atoms with Gasteiger partial charge in [0, 0.05) is 43.6 Å². The minimum Gasteiger partial charge on any atom is -0.370 e. The van der Waals surface area contributed by atoms with E-state index in [9.17, 15) is 0 Å². The van der Waals surface area contributed by atoms with E-state index in [2.05, 4.69) is 32.7 Å². The van der Waals surface area contributed by atoms with E-state index >= 15 is 0 Å². The zero-order valence-corrected chi connectivity index (χ0v) is 11.7. The van der Waals surface area contributed by atoms with Crippen LogP contribution in [0.5, 0.6) is 0 Å². The molecule has 0 radical (unpaired) electrons. The van der Waals surface area contributed by atoms with Gasteiger partial charge in [0.05, 0.1) is 0 Å². The summed E-state index contributed by atoms with van der Waals surface area (Å²) in [6.45, 7) is 3.28. The molecule has 0 aromatic carbocycles. The highest BCUT2D eigenvalue weighted by Gasteiger charge is 2.25. The SMILES string of the molecule is CNC1CN(c2ccnc(NCC3CCCC3)c2)C1. The molecule has 1 aliphatic heterocycles. The number of nitrogens with zero attached hydrogens (tertiary/aromatic N) is 2. The molecule has 2 N–H and O–H groups in total. The summed E-state index contributed by atoms with van der Waals surface area (Å²) in [5.41, 5.74) is 1.29. The molecule has 0 unspecified atom stereocenters. The van der Waals surface area contributed by atoms with E-state index in [4.69, 9.17) is 0 Å². The van der Waals surface area contributed by atoms with Gasteiger partial charge in [-0.15, -0.1) is 0 Å². The molecule has 1 saturated carbocycles. The number of hydrogen-bond acceptors (Lipinski definition) is 4. The fourth-order valence-electron chi connectivity index (χ4n) is 3.05. The molecule has 1 aromatic rings. The van der Waals surface area contributed by atoms with Gasteiger partial charge in [-0.2, -0.15) is 0 Å². The summed E-state index contributed by atoms with van der Waals surface area (Å²) in [7, 11) is 2.03. The van der Waals surface area contributed by atoms with Crippen LogP contribution in [0, 0.1) is 5.92 Å². The normalized spacial score (nSPS) is 20.6. The summed E-state index contributed by atoms with van der Waals surface area (Å²) in [5, 5.41) is 6.81. The molecule has 104 valence electrons. The second-order valence-corrected chi connectivity index (χ2v) is 5.82. The average molecular weight is 260 g/mol. The number of likely N-dealkylation sites (N-methyl/N-ethyl adjacent to an activating group) is 1. The Morgan fingerprint density at radius 3 is 2.84 bits per heavy atom. The molecule has 2 heterocycles. The molecule has 0 amide bonds. The first-order valence-electron chi connectivity index (χ1n) is 7.47. The van der Waals surface area contributed by atoms with Crippen molar-refractivity contribution in [1.82, 2.24) is 10.3 Å². The van der Waals surface area contributed by atoms with Crippen LogP contribution in [0.1, 0.15) is 25.7 Å². The Hall–Kier alpha value is -1.29. The van der Waals surface area contributed by atoms with Gasteiger partial charge in [0.15, 0.2) is 0 Å². The zero-order chi connectivity index (χ0) is 13.1. The van der Waals surface area contributed by atoms with Crippen molar-refractivity contribution in [3.05, 3.63) is 18.3 Å². The fourth-order valence-corrected chi connectivity index (χ4v) is 3.05. The first-order valence-corrected chi connectivity index (χ1v) is 7.47. The van der Waals surface area contributed by atoms with Crippen LogP contribution in [0.25, 0.3) is 0 Å². The van der Waals surface area contributed by atoms with Gasteiger partial charge in [0.25, 0.3) is 0 Å². The Morgan fingerprint density at radius 1 is 1.32 bits per heavy atom. The van der Waals surface area contributed by atoms with Gasteiger partial charge in [-0.1, -0.05) is 12.8 Å². The molecule has 19 heavy (non-hydrogen) atoms. The zero-order valence-electron chi connectivity index (χ0n) is 11.7. The number of anilines is 2. The number of nitrogens with one attached hydrogen (secondary N) is 2. The molecule has 2 aliphatic rings. The second-order valence-electron chi connectivity index (χ2n) is 5.82. The summed E-state index contributed by atoms with van der Waals surface area (Å²) in [5.74, 6) is 1.88. The summed E-state index contributed by atoms with van der Waals surface area (Å²) in [4.78, 5) is 6.82. The molecule has 4 nitrogen and oxygen atoms in total. The third kappa shape index (κ3) is 3.00. The third-order valence-corrected chi connectivity index (χ3v) is 4.45. The predicted octanol–water partition coefficient (Wildman–Crippen LogP) is 2.09. The van der Waals surface area contributed by atoms with Gasteiger partial charge in [0.1, 0.15) is 5.82 Å². The molecule has 0 bridgehead atoms. The van der Waals surface area contributed by atoms with Crippen LogP contribution < -0.4 is 15.5 Å². The largest absolute Gasteiger partial charge is 0.370 e. The molecular weight excluding hydrogens is 236 g/mol. The lowest BCUT2D eigenvalue weighted by Crippen LogP contribution is -2.57. The van der Waals surface area contributed by atoms with Crippen molar-refractivity contribution in [1.29, 1.82) is 0 Å². The monoisotopic (exact) mass is 260 g/mol. The predicted molar refractivity (Wildman–Crippen MR) is 79.7 cm³/mol. The van der Waals surface area contributed by atoms with E-state index in [1.165, 1.54) is 31.4 Å². The van der Waals surface area contributed by atoms with E-state index in [0.717, 1.165) is 31.4 Å². The highest BCUT2D eigenvalue weighted by atomic mass is 15.2. The van der Waals surface area contributed by atoms with Crippen LogP contribution in [0.3, 0.4) is 0 Å². The molecule has 1 aliphatic carbocycles. The number of rotatable bonds is 5. The maximum absolute atomic E-state index is 4.43. The Labute approximate surface area is 115 Å². The van der Waals surface area contributed by atoms with Gasteiger partial charge in [-0.3, -0.25) is 0 Å². The molecule has 1 aromatic heterocycles. The van der Waals surface area contributed by atoms with Crippen LogP contribution in [-0.4, -0.2) is 37.7 Å². The number of aromatic nitrogens is 1. The molecule has 0 spiro atoms. The summed E-state index contributed by atoms with van der Waals surface area (Å²) >= 11 is 0. The lowest BCUT2D eigenvalue weighted by molar-refractivity contribution is 0.450. The first-order chi connectivity index (χ1) is 9.35. The quantitative estimate of drug-likeness (QED) is 0.850. The minimum atomic E-state index is 0.642. The maximum Gasteiger partial charge on any atom is 0.127 e. The van der Waals surface area contributed by atoms with E-state index in [0.29, 0.717) is 6.04 Å². The van der Waals surface area contributed by atoms with E-state index in [-0.39, 0.29) is 0 Å². The average Bonchev–Trinajstić information content (AvgIpc) is 2.89. The van der Waals surface area contributed by atoms with Crippen LogP contribution in [0.2, 0.25) is 0 Å². The number of hydrogen-bond donors (Lipinski definition) is 2. The van der Waals surface area contributed by atoms with Crippen LogP contribution in [-0.2, 0) is 0 Å². The first kappa shape index (κ1) is 12.7. The van der Waals surface area contributed by atoms with Gasteiger partial charge < -0.3 is 15.5 Å². The van der Waals surface area contributed by atoms with Crippen molar-refractivity contribution in [2.24, 2.45) is 5.92 Å². The van der Waals surface area contributed by atoms with Crippen molar-refractivity contribution < 1.29 is 0 Å². The Kier molecular flexibility index (Phi) is 3.87.